The minimum absolute atomic E-state index is 0.0211. The number of piperazine rings is 1. The molecule has 196 valence electrons. The minimum atomic E-state index is -0.0211. The fraction of sp³-hybridized carbons (Fsp3) is 0.344. The van der Waals surface area contributed by atoms with Gasteiger partial charge in [0.05, 0.1) is 11.7 Å². The Bertz CT molecular complexity index is 1330. The van der Waals surface area contributed by atoms with E-state index in [1.165, 1.54) is 27.8 Å². The molecule has 0 aliphatic carbocycles. The maximum atomic E-state index is 4.62. The Balaban J connectivity index is 1.40. The van der Waals surface area contributed by atoms with Gasteiger partial charge in [0.15, 0.2) is 5.82 Å². The maximum Gasteiger partial charge on any atom is 0.178 e. The molecule has 0 radical (unpaired) electrons. The Morgan fingerprint density at radius 2 is 1.45 bits per heavy atom. The molecule has 6 heteroatoms. The molecule has 0 amide bonds. The lowest BCUT2D eigenvalue weighted by Gasteiger charge is -2.38. The van der Waals surface area contributed by atoms with Gasteiger partial charge in [-0.25, -0.2) is 0 Å². The SMILES string of the molecule is Cc1cccc(C)c1-n1nnnc1C(c1ccc(C(C)C)cc1)N1CCN(CC=Cc2ccccc2)CC1. The predicted molar refractivity (Wildman–Crippen MR) is 154 cm³/mol. The summed E-state index contributed by atoms with van der Waals surface area (Å²) in [5, 5.41) is 13.3. The summed E-state index contributed by atoms with van der Waals surface area (Å²) in [6, 6.07) is 25.9. The first kappa shape index (κ1) is 26.0. The smallest absolute Gasteiger partial charge is 0.178 e. The van der Waals surface area contributed by atoms with Gasteiger partial charge in [0.2, 0.25) is 0 Å². The standard InChI is InChI=1S/C32H38N6/c1-24(2)28-15-17-29(18-16-28)31(32-33-34-35-38(32)30-25(3)10-8-11-26(30)4)37-22-20-36(21-23-37)19-9-14-27-12-6-5-7-13-27/h5-18,24,31H,19-23H2,1-4H3. The van der Waals surface area contributed by atoms with Crippen molar-refractivity contribution < 1.29 is 0 Å². The van der Waals surface area contributed by atoms with Crippen LogP contribution in [0.4, 0.5) is 0 Å². The molecule has 1 saturated heterocycles. The quantitative estimate of drug-likeness (QED) is 0.301. The number of benzene rings is 3. The zero-order valence-corrected chi connectivity index (χ0v) is 23.0. The Labute approximate surface area is 226 Å². The van der Waals surface area contributed by atoms with Gasteiger partial charge in [0.25, 0.3) is 0 Å². The highest BCUT2D eigenvalue weighted by Crippen LogP contribution is 2.31. The third kappa shape index (κ3) is 5.77. The van der Waals surface area contributed by atoms with E-state index in [0.717, 1.165) is 44.2 Å². The summed E-state index contributed by atoms with van der Waals surface area (Å²) in [5.41, 5.74) is 7.23. The normalized spacial score (nSPS) is 15.9. The molecular formula is C32H38N6. The van der Waals surface area contributed by atoms with Crippen molar-refractivity contribution in [3.63, 3.8) is 0 Å². The largest absolute Gasteiger partial charge is 0.297 e. The van der Waals surface area contributed by atoms with E-state index in [1.807, 2.05) is 4.68 Å². The number of hydrogen-bond donors (Lipinski definition) is 0. The molecule has 1 aromatic heterocycles. The van der Waals surface area contributed by atoms with Crippen molar-refractivity contribution in [3.05, 3.63) is 113 Å². The summed E-state index contributed by atoms with van der Waals surface area (Å²) < 4.78 is 1.96. The molecule has 3 aromatic carbocycles. The van der Waals surface area contributed by atoms with E-state index in [2.05, 4.69) is 138 Å². The zero-order chi connectivity index (χ0) is 26.5. The average Bonchev–Trinajstić information content (AvgIpc) is 3.39. The summed E-state index contributed by atoms with van der Waals surface area (Å²) in [6.45, 7) is 13.6. The second-order valence-electron chi connectivity index (χ2n) is 10.6. The van der Waals surface area contributed by atoms with Crippen molar-refractivity contribution in [3.8, 4) is 5.69 Å². The Hall–Kier alpha value is -3.61. The third-order valence-electron chi connectivity index (χ3n) is 7.55. The topological polar surface area (TPSA) is 50.1 Å². The molecule has 2 heterocycles. The van der Waals surface area contributed by atoms with E-state index in [0.29, 0.717) is 5.92 Å². The van der Waals surface area contributed by atoms with Crippen LogP contribution in [0.2, 0.25) is 0 Å². The van der Waals surface area contributed by atoms with Crippen LogP contribution in [0.3, 0.4) is 0 Å². The van der Waals surface area contributed by atoms with E-state index in [9.17, 15) is 0 Å². The van der Waals surface area contributed by atoms with Gasteiger partial charge in [-0.15, -0.1) is 5.10 Å². The van der Waals surface area contributed by atoms with Gasteiger partial charge in [-0.2, -0.15) is 4.68 Å². The number of para-hydroxylation sites is 1. The summed E-state index contributed by atoms with van der Waals surface area (Å²) in [6.07, 6.45) is 4.48. The summed E-state index contributed by atoms with van der Waals surface area (Å²) in [5.74, 6) is 1.37. The summed E-state index contributed by atoms with van der Waals surface area (Å²) in [4.78, 5) is 5.06. The van der Waals surface area contributed by atoms with Gasteiger partial charge in [-0.3, -0.25) is 9.80 Å². The Morgan fingerprint density at radius 3 is 2.11 bits per heavy atom. The molecule has 0 bridgehead atoms. The van der Waals surface area contributed by atoms with Crippen LogP contribution in [0.15, 0.2) is 78.9 Å². The summed E-state index contributed by atoms with van der Waals surface area (Å²) in [7, 11) is 0. The van der Waals surface area contributed by atoms with Crippen molar-refractivity contribution in [2.45, 2.75) is 39.7 Å². The lowest BCUT2D eigenvalue weighted by molar-refractivity contribution is 0.113. The van der Waals surface area contributed by atoms with Crippen LogP contribution in [-0.4, -0.2) is 62.7 Å². The van der Waals surface area contributed by atoms with Crippen molar-refractivity contribution in [1.29, 1.82) is 0 Å². The van der Waals surface area contributed by atoms with Gasteiger partial charge in [0, 0.05) is 32.7 Å². The number of hydrogen-bond acceptors (Lipinski definition) is 5. The van der Waals surface area contributed by atoms with E-state index >= 15 is 0 Å². The van der Waals surface area contributed by atoms with E-state index in [1.54, 1.807) is 0 Å². The maximum absolute atomic E-state index is 4.62. The molecule has 6 nitrogen and oxygen atoms in total. The second-order valence-corrected chi connectivity index (χ2v) is 10.6. The first-order chi connectivity index (χ1) is 18.5. The molecule has 38 heavy (non-hydrogen) atoms. The lowest BCUT2D eigenvalue weighted by Crippen LogP contribution is -2.48. The zero-order valence-electron chi connectivity index (χ0n) is 23.0. The molecule has 0 N–H and O–H groups in total. The summed E-state index contributed by atoms with van der Waals surface area (Å²) >= 11 is 0. The molecule has 0 saturated carbocycles. The highest BCUT2D eigenvalue weighted by Gasteiger charge is 2.31. The Morgan fingerprint density at radius 1 is 0.789 bits per heavy atom. The van der Waals surface area contributed by atoms with E-state index < -0.39 is 0 Å². The molecule has 4 aromatic rings. The number of aromatic nitrogens is 4. The van der Waals surface area contributed by atoms with Crippen LogP contribution >= 0.6 is 0 Å². The van der Waals surface area contributed by atoms with Crippen LogP contribution in [0.5, 0.6) is 0 Å². The van der Waals surface area contributed by atoms with E-state index in [4.69, 9.17) is 0 Å². The van der Waals surface area contributed by atoms with Crippen LogP contribution in [0, 0.1) is 13.8 Å². The molecule has 1 unspecified atom stereocenters. The molecule has 1 aliphatic heterocycles. The van der Waals surface area contributed by atoms with Crippen molar-refractivity contribution in [2.24, 2.45) is 0 Å². The number of aryl methyl sites for hydroxylation is 2. The highest BCUT2D eigenvalue weighted by molar-refractivity contribution is 5.49. The van der Waals surface area contributed by atoms with E-state index in [-0.39, 0.29) is 6.04 Å². The molecule has 1 aliphatic rings. The monoisotopic (exact) mass is 506 g/mol. The highest BCUT2D eigenvalue weighted by atomic mass is 15.6. The molecule has 1 atom stereocenters. The molecule has 5 rings (SSSR count). The van der Waals surface area contributed by atoms with Gasteiger partial charge in [-0.05, 0) is 58.0 Å². The van der Waals surface area contributed by atoms with Crippen molar-refractivity contribution in [1.82, 2.24) is 30.0 Å². The molecule has 1 fully saturated rings. The van der Waals surface area contributed by atoms with Crippen LogP contribution < -0.4 is 0 Å². The average molecular weight is 507 g/mol. The van der Waals surface area contributed by atoms with Crippen molar-refractivity contribution >= 4 is 6.08 Å². The van der Waals surface area contributed by atoms with Crippen molar-refractivity contribution in [2.75, 3.05) is 32.7 Å². The number of nitrogens with zero attached hydrogens (tertiary/aromatic N) is 6. The first-order valence-corrected chi connectivity index (χ1v) is 13.6. The van der Waals surface area contributed by atoms with Gasteiger partial charge >= 0.3 is 0 Å². The molecular weight excluding hydrogens is 468 g/mol. The predicted octanol–water partition coefficient (Wildman–Crippen LogP) is 5.82. The third-order valence-corrected chi connectivity index (χ3v) is 7.55. The fourth-order valence-electron chi connectivity index (χ4n) is 5.36. The van der Waals surface area contributed by atoms with Gasteiger partial charge in [-0.1, -0.05) is 98.8 Å². The number of rotatable bonds is 8. The fourth-order valence-corrected chi connectivity index (χ4v) is 5.36. The lowest BCUT2D eigenvalue weighted by atomic mass is 9.97. The van der Waals surface area contributed by atoms with Gasteiger partial charge in [0.1, 0.15) is 0 Å². The Kier molecular flexibility index (Phi) is 8.11. The molecule has 0 spiro atoms. The van der Waals surface area contributed by atoms with Gasteiger partial charge < -0.3 is 0 Å². The minimum Gasteiger partial charge on any atom is -0.297 e. The first-order valence-electron chi connectivity index (χ1n) is 13.6. The number of tetrazole rings is 1. The second kappa shape index (κ2) is 11.8. The van der Waals surface area contributed by atoms with Crippen LogP contribution in [-0.2, 0) is 0 Å². The van der Waals surface area contributed by atoms with Crippen LogP contribution in [0.1, 0.15) is 59.4 Å². The van der Waals surface area contributed by atoms with Crippen LogP contribution in [0.25, 0.3) is 11.8 Å².